The number of nitrogens with zero attached hydrogens (tertiary/aromatic N) is 2. The van der Waals surface area contributed by atoms with Gasteiger partial charge >= 0.3 is 0 Å². The van der Waals surface area contributed by atoms with Crippen LogP contribution in [0.25, 0.3) is 0 Å². The maximum Gasteiger partial charge on any atom is 0.292 e. The highest BCUT2D eigenvalue weighted by molar-refractivity contribution is 5.99. The average Bonchev–Trinajstić information content (AvgIpc) is 2.53. The van der Waals surface area contributed by atoms with Gasteiger partial charge in [-0.1, -0.05) is 0 Å². The summed E-state index contributed by atoms with van der Waals surface area (Å²) in [6.45, 7) is 0. The number of amides is 2. The summed E-state index contributed by atoms with van der Waals surface area (Å²) in [6, 6.07) is 6.67. The number of nitrogens with two attached hydrogens (primary N) is 1. The van der Waals surface area contributed by atoms with Crippen molar-refractivity contribution in [3.8, 4) is 0 Å². The van der Waals surface area contributed by atoms with Crippen LogP contribution in [0, 0.1) is 10.1 Å². The van der Waals surface area contributed by atoms with Crippen molar-refractivity contribution in [1.82, 2.24) is 15.8 Å². The van der Waals surface area contributed by atoms with Gasteiger partial charge in [0.05, 0.1) is 10.5 Å². The molecule has 0 fully saturated rings. The fraction of sp³-hybridized carbons (Fsp3) is 0. The number of aromatic nitrogens is 1. The second kappa shape index (κ2) is 6.31. The largest absolute Gasteiger partial charge is 0.393 e. The summed E-state index contributed by atoms with van der Waals surface area (Å²) >= 11 is 0. The lowest BCUT2D eigenvalue weighted by Crippen LogP contribution is -2.41. The van der Waals surface area contributed by atoms with Gasteiger partial charge in [0, 0.05) is 24.0 Å². The fourth-order valence-electron chi connectivity index (χ4n) is 1.60. The molecule has 0 unspecified atom stereocenters. The Morgan fingerprint density at radius 3 is 2.41 bits per heavy atom. The van der Waals surface area contributed by atoms with Gasteiger partial charge in [0.1, 0.15) is 5.69 Å². The zero-order valence-electron chi connectivity index (χ0n) is 11.1. The first-order valence-electron chi connectivity index (χ1n) is 6.03. The number of anilines is 1. The van der Waals surface area contributed by atoms with Crippen LogP contribution < -0.4 is 16.6 Å². The van der Waals surface area contributed by atoms with Crippen molar-refractivity contribution in [2.45, 2.75) is 0 Å². The van der Waals surface area contributed by atoms with Gasteiger partial charge in [0.2, 0.25) is 0 Å². The first kappa shape index (κ1) is 14.9. The van der Waals surface area contributed by atoms with Crippen LogP contribution in [0.5, 0.6) is 0 Å². The summed E-state index contributed by atoms with van der Waals surface area (Å²) in [4.78, 5) is 37.4. The third-order valence-electron chi connectivity index (χ3n) is 2.70. The first-order chi connectivity index (χ1) is 10.5. The molecule has 0 aliphatic rings. The van der Waals surface area contributed by atoms with Crippen LogP contribution in [-0.4, -0.2) is 21.7 Å². The Balaban J connectivity index is 2.05. The Hall–Kier alpha value is -3.49. The zero-order chi connectivity index (χ0) is 16.1. The molecule has 0 spiro atoms. The SMILES string of the molecule is Nc1ccc(C(=O)NNC(=O)c2cccnc2)cc1[N+](=O)[O-]. The summed E-state index contributed by atoms with van der Waals surface area (Å²) in [7, 11) is 0. The number of hydrazine groups is 1. The minimum atomic E-state index is -0.708. The Morgan fingerprint density at radius 2 is 1.82 bits per heavy atom. The quantitative estimate of drug-likeness (QED) is 0.432. The van der Waals surface area contributed by atoms with E-state index in [1.54, 1.807) is 6.07 Å². The molecule has 9 nitrogen and oxygen atoms in total. The van der Waals surface area contributed by atoms with E-state index in [4.69, 9.17) is 5.73 Å². The van der Waals surface area contributed by atoms with Crippen LogP contribution in [0.4, 0.5) is 11.4 Å². The first-order valence-corrected chi connectivity index (χ1v) is 6.03. The van der Waals surface area contributed by atoms with Crippen molar-refractivity contribution in [3.63, 3.8) is 0 Å². The number of nitro benzene ring substituents is 1. The van der Waals surface area contributed by atoms with Gasteiger partial charge in [-0.3, -0.25) is 35.5 Å². The van der Waals surface area contributed by atoms with Crippen LogP contribution in [0.3, 0.4) is 0 Å². The van der Waals surface area contributed by atoms with E-state index in [9.17, 15) is 19.7 Å². The van der Waals surface area contributed by atoms with Crippen LogP contribution >= 0.6 is 0 Å². The van der Waals surface area contributed by atoms with Gasteiger partial charge < -0.3 is 5.73 Å². The molecule has 0 radical (unpaired) electrons. The highest BCUT2D eigenvalue weighted by atomic mass is 16.6. The number of nitrogens with one attached hydrogen (secondary N) is 2. The predicted octanol–water partition coefficient (Wildman–Crippen LogP) is 0.647. The molecule has 2 rings (SSSR count). The number of carbonyl (C=O) groups excluding carboxylic acids is 2. The van der Waals surface area contributed by atoms with Gasteiger partial charge in [-0.2, -0.15) is 0 Å². The molecule has 0 bridgehead atoms. The number of carbonyl (C=O) groups is 2. The summed E-state index contributed by atoms with van der Waals surface area (Å²) in [5.41, 5.74) is 9.58. The molecule has 0 saturated heterocycles. The normalized spacial score (nSPS) is 9.82. The van der Waals surface area contributed by atoms with E-state index in [1.165, 1.54) is 30.6 Å². The topological polar surface area (TPSA) is 140 Å². The number of pyridine rings is 1. The minimum Gasteiger partial charge on any atom is -0.393 e. The second-order valence-electron chi connectivity index (χ2n) is 4.18. The van der Waals surface area contributed by atoms with Crippen LogP contribution in [0.1, 0.15) is 20.7 Å². The summed E-state index contributed by atoms with van der Waals surface area (Å²) in [5.74, 6) is -1.27. The molecule has 2 amide bonds. The maximum atomic E-state index is 11.9. The number of rotatable bonds is 3. The molecule has 0 saturated carbocycles. The lowest BCUT2D eigenvalue weighted by atomic mass is 10.1. The molecule has 22 heavy (non-hydrogen) atoms. The van der Waals surface area contributed by atoms with Gasteiger partial charge in [0.25, 0.3) is 17.5 Å². The summed E-state index contributed by atoms with van der Waals surface area (Å²) in [6.07, 6.45) is 2.83. The third kappa shape index (κ3) is 3.33. The van der Waals surface area contributed by atoms with Crippen molar-refractivity contribution in [1.29, 1.82) is 0 Å². The van der Waals surface area contributed by atoms with Crippen molar-refractivity contribution in [2.75, 3.05) is 5.73 Å². The second-order valence-corrected chi connectivity index (χ2v) is 4.18. The van der Waals surface area contributed by atoms with E-state index in [2.05, 4.69) is 15.8 Å². The minimum absolute atomic E-state index is 0.00705. The average molecular weight is 301 g/mol. The number of nitro groups is 1. The highest BCUT2D eigenvalue weighted by Crippen LogP contribution is 2.22. The fourth-order valence-corrected chi connectivity index (χ4v) is 1.60. The van der Waals surface area contributed by atoms with E-state index in [0.29, 0.717) is 0 Å². The highest BCUT2D eigenvalue weighted by Gasteiger charge is 2.16. The molecule has 0 atom stereocenters. The van der Waals surface area contributed by atoms with Gasteiger partial charge in [-0.25, -0.2) is 0 Å². The van der Waals surface area contributed by atoms with Gasteiger partial charge in [0.15, 0.2) is 0 Å². The number of benzene rings is 1. The molecule has 0 aliphatic heterocycles. The predicted molar refractivity (Wildman–Crippen MR) is 76.7 cm³/mol. The molecule has 1 aromatic heterocycles. The van der Waals surface area contributed by atoms with Crippen LogP contribution in [0.15, 0.2) is 42.7 Å². The van der Waals surface area contributed by atoms with Crippen LogP contribution in [-0.2, 0) is 0 Å². The van der Waals surface area contributed by atoms with Crippen molar-refractivity contribution in [2.24, 2.45) is 0 Å². The molecule has 4 N–H and O–H groups in total. The number of nitrogen functional groups attached to an aromatic ring is 1. The van der Waals surface area contributed by atoms with E-state index >= 15 is 0 Å². The molecule has 2 aromatic rings. The van der Waals surface area contributed by atoms with Gasteiger partial charge in [-0.15, -0.1) is 0 Å². The number of hydrogen-bond acceptors (Lipinski definition) is 6. The number of hydrogen-bond donors (Lipinski definition) is 3. The van der Waals surface area contributed by atoms with Crippen LogP contribution in [0.2, 0.25) is 0 Å². The Bertz CT molecular complexity index is 732. The summed E-state index contributed by atoms with van der Waals surface area (Å²) in [5, 5.41) is 10.8. The Morgan fingerprint density at radius 1 is 1.14 bits per heavy atom. The van der Waals surface area contributed by atoms with E-state index in [0.717, 1.165) is 6.07 Å². The zero-order valence-corrected chi connectivity index (χ0v) is 11.1. The smallest absolute Gasteiger partial charge is 0.292 e. The van der Waals surface area contributed by atoms with Crippen molar-refractivity contribution in [3.05, 3.63) is 64.0 Å². The maximum absolute atomic E-state index is 11.9. The van der Waals surface area contributed by atoms with E-state index in [-0.39, 0.29) is 22.5 Å². The third-order valence-corrected chi connectivity index (χ3v) is 2.70. The molecule has 9 heteroatoms. The van der Waals surface area contributed by atoms with Crippen molar-refractivity contribution >= 4 is 23.2 Å². The lowest BCUT2D eigenvalue weighted by molar-refractivity contribution is -0.383. The van der Waals surface area contributed by atoms with Crippen molar-refractivity contribution < 1.29 is 14.5 Å². The molecule has 0 aliphatic carbocycles. The molecule has 112 valence electrons. The van der Waals surface area contributed by atoms with E-state index in [1.807, 2.05) is 0 Å². The molecule has 1 aromatic carbocycles. The summed E-state index contributed by atoms with van der Waals surface area (Å²) < 4.78 is 0. The van der Waals surface area contributed by atoms with Gasteiger partial charge in [-0.05, 0) is 24.3 Å². The molecular formula is C13H11N5O4. The van der Waals surface area contributed by atoms with E-state index < -0.39 is 16.7 Å². The monoisotopic (exact) mass is 301 g/mol. The Kier molecular flexibility index (Phi) is 4.27. The standard InChI is InChI=1S/C13H11N5O4/c14-10-4-3-8(6-11(10)18(21)22)12(19)16-17-13(20)9-2-1-5-15-7-9/h1-7H,14H2,(H,16,19)(H,17,20). The lowest BCUT2D eigenvalue weighted by Gasteiger charge is -2.07. The molecular weight excluding hydrogens is 290 g/mol. The Labute approximate surface area is 124 Å². The molecule has 1 heterocycles.